The maximum absolute atomic E-state index is 14.5. The number of fused-ring (bicyclic) bond motifs is 1. The predicted octanol–water partition coefficient (Wildman–Crippen LogP) is 6.00. The zero-order valence-electron chi connectivity index (χ0n) is 19.9. The van der Waals surface area contributed by atoms with E-state index in [0.29, 0.717) is 16.8 Å². The molecule has 0 aromatic heterocycles. The Morgan fingerprint density at radius 2 is 1.89 bits per heavy atom. The van der Waals surface area contributed by atoms with Crippen LogP contribution in [0, 0.1) is 29.4 Å². The van der Waals surface area contributed by atoms with Crippen LogP contribution < -0.4 is 0 Å². The molecule has 186 valence electrons. The SMILES string of the molecule is CC(C)[C@@H]1CC[C@@H](C)C[C@H]1OC(=O)C1C(=O)N(Cc2ccc(Br)cc2F)C(=O)c2ccc(F)cc21. The summed E-state index contributed by atoms with van der Waals surface area (Å²) >= 11 is 3.18. The average Bonchev–Trinajstić information content (AvgIpc) is 2.77. The molecule has 2 amide bonds. The molecule has 5 nitrogen and oxygen atoms in total. The maximum Gasteiger partial charge on any atom is 0.323 e. The molecule has 1 aliphatic carbocycles. The van der Waals surface area contributed by atoms with Crippen molar-refractivity contribution in [2.24, 2.45) is 17.8 Å². The topological polar surface area (TPSA) is 63.7 Å². The Labute approximate surface area is 212 Å². The van der Waals surface area contributed by atoms with Crippen molar-refractivity contribution < 1.29 is 27.9 Å². The largest absolute Gasteiger partial charge is 0.461 e. The molecule has 4 atom stereocenters. The second-order valence-corrected chi connectivity index (χ2v) is 10.8. The van der Waals surface area contributed by atoms with Gasteiger partial charge in [0.25, 0.3) is 5.91 Å². The van der Waals surface area contributed by atoms with Crippen LogP contribution in [0.4, 0.5) is 8.78 Å². The molecule has 2 aliphatic rings. The zero-order chi connectivity index (χ0) is 25.4. The van der Waals surface area contributed by atoms with Gasteiger partial charge in [-0.1, -0.05) is 49.2 Å². The van der Waals surface area contributed by atoms with Crippen LogP contribution in [0.25, 0.3) is 0 Å². The van der Waals surface area contributed by atoms with Crippen molar-refractivity contribution >= 4 is 33.7 Å². The van der Waals surface area contributed by atoms with Gasteiger partial charge in [0.1, 0.15) is 17.7 Å². The second kappa shape index (κ2) is 10.2. The van der Waals surface area contributed by atoms with Crippen LogP contribution >= 0.6 is 15.9 Å². The molecule has 0 N–H and O–H groups in total. The number of rotatable bonds is 5. The number of halogens is 3. The molecular weight excluding hydrogens is 520 g/mol. The van der Waals surface area contributed by atoms with E-state index >= 15 is 0 Å². The Balaban J connectivity index is 1.68. The van der Waals surface area contributed by atoms with Gasteiger partial charge in [0.2, 0.25) is 5.91 Å². The van der Waals surface area contributed by atoms with Gasteiger partial charge >= 0.3 is 5.97 Å². The Bertz CT molecular complexity index is 1170. The first-order valence-corrected chi connectivity index (χ1v) is 12.7. The van der Waals surface area contributed by atoms with E-state index in [1.807, 2.05) is 0 Å². The Morgan fingerprint density at radius 3 is 2.57 bits per heavy atom. The van der Waals surface area contributed by atoms with Gasteiger partial charge in [-0.3, -0.25) is 19.3 Å². The van der Waals surface area contributed by atoms with Crippen LogP contribution in [0.5, 0.6) is 0 Å². The lowest BCUT2D eigenvalue weighted by molar-refractivity contribution is -0.161. The molecular formula is C27H28BrF2NO4. The highest BCUT2D eigenvalue weighted by Crippen LogP contribution is 2.38. The third kappa shape index (κ3) is 5.17. The maximum atomic E-state index is 14.5. The Hall–Kier alpha value is -2.61. The van der Waals surface area contributed by atoms with E-state index in [-0.39, 0.29) is 41.2 Å². The summed E-state index contributed by atoms with van der Waals surface area (Å²) in [5, 5.41) is 0. The van der Waals surface area contributed by atoms with Crippen molar-refractivity contribution in [2.45, 2.75) is 58.6 Å². The third-order valence-electron chi connectivity index (χ3n) is 7.12. The predicted molar refractivity (Wildman–Crippen MR) is 129 cm³/mol. The van der Waals surface area contributed by atoms with E-state index in [1.54, 1.807) is 6.07 Å². The first-order valence-electron chi connectivity index (χ1n) is 11.9. The van der Waals surface area contributed by atoms with Crippen molar-refractivity contribution in [3.8, 4) is 0 Å². The normalized spacial score (nSPS) is 24.5. The average molecular weight is 548 g/mol. The summed E-state index contributed by atoms with van der Waals surface area (Å²) in [7, 11) is 0. The minimum Gasteiger partial charge on any atom is -0.461 e. The molecule has 0 saturated heterocycles. The zero-order valence-corrected chi connectivity index (χ0v) is 21.5. The number of esters is 1. The third-order valence-corrected chi connectivity index (χ3v) is 7.61. The van der Waals surface area contributed by atoms with E-state index in [2.05, 4.69) is 36.7 Å². The molecule has 0 bridgehead atoms. The number of amides is 2. The summed E-state index contributed by atoms with van der Waals surface area (Å²) in [5.41, 5.74) is 0.138. The van der Waals surface area contributed by atoms with E-state index in [0.717, 1.165) is 29.9 Å². The van der Waals surface area contributed by atoms with Gasteiger partial charge in [-0.25, -0.2) is 8.78 Å². The number of hydrogen-bond acceptors (Lipinski definition) is 4. The fourth-order valence-electron chi connectivity index (χ4n) is 5.17. The summed E-state index contributed by atoms with van der Waals surface area (Å²) in [6.45, 7) is 5.89. The molecule has 2 aromatic carbocycles. The highest BCUT2D eigenvalue weighted by molar-refractivity contribution is 9.10. The molecule has 8 heteroatoms. The number of hydrogen-bond donors (Lipinski definition) is 0. The molecule has 2 aromatic rings. The Morgan fingerprint density at radius 1 is 1.14 bits per heavy atom. The molecule has 1 aliphatic heterocycles. The van der Waals surface area contributed by atoms with Gasteiger partial charge in [-0.2, -0.15) is 0 Å². The number of carbonyl (C=O) groups excluding carboxylic acids is 3. The molecule has 1 fully saturated rings. The minimum atomic E-state index is -1.50. The fraction of sp³-hybridized carbons (Fsp3) is 0.444. The van der Waals surface area contributed by atoms with Gasteiger partial charge < -0.3 is 4.74 Å². The van der Waals surface area contributed by atoms with E-state index in [9.17, 15) is 23.2 Å². The minimum absolute atomic E-state index is 0.0116. The van der Waals surface area contributed by atoms with E-state index < -0.39 is 35.3 Å². The molecule has 0 spiro atoms. The first-order chi connectivity index (χ1) is 16.6. The van der Waals surface area contributed by atoms with Gasteiger partial charge in [0.05, 0.1) is 6.54 Å². The molecule has 4 rings (SSSR count). The fourth-order valence-corrected chi connectivity index (χ4v) is 5.50. The molecule has 0 radical (unpaired) electrons. The summed E-state index contributed by atoms with van der Waals surface area (Å²) in [5.74, 6) is -4.31. The smallest absolute Gasteiger partial charge is 0.323 e. The quantitative estimate of drug-likeness (QED) is 0.261. The summed E-state index contributed by atoms with van der Waals surface area (Å²) in [6, 6.07) is 7.69. The molecule has 1 unspecified atom stereocenters. The van der Waals surface area contributed by atoms with E-state index in [4.69, 9.17) is 4.74 Å². The van der Waals surface area contributed by atoms with Crippen LogP contribution in [0.15, 0.2) is 40.9 Å². The molecule has 35 heavy (non-hydrogen) atoms. The number of carbonyl (C=O) groups is 3. The van der Waals surface area contributed by atoms with Gasteiger partial charge in [-0.05, 0) is 66.5 Å². The lowest BCUT2D eigenvalue weighted by Gasteiger charge is -2.38. The number of nitrogens with zero attached hydrogens (tertiary/aromatic N) is 1. The summed E-state index contributed by atoms with van der Waals surface area (Å²) in [6.07, 6.45) is 2.26. The van der Waals surface area contributed by atoms with Crippen molar-refractivity contribution in [2.75, 3.05) is 0 Å². The Kier molecular flexibility index (Phi) is 7.40. The van der Waals surface area contributed by atoms with Gasteiger partial charge in [0.15, 0.2) is 5.92 Å². The van der Waals surface area contributed by atoms with Crippen molar-refractivity contribution in [3.63, 3.8) is 0 Å². The molecule has 1 saturated carbocycles. The monoisotopic (exact) mass is 547 g/mol. The summed E-state index contributed by atoms with van der Waals surface area (Å²) in [4.78, 5) is 41.0. The number of imide groups is 1. The second-order valence-electron chi connectivity index (χ2n) is 9.93. The van der Waals surface area contributed by atoms with Crippen LogP contribution in [0.1, 0.15) is 67.4 Å². The van der Waals surface area contributed by atoms with Crippen LogP contribution in [-0.2, 0) is 20.9 Å². The molecule has 1 heterocycles. The van der Waals surface area contributed by atoms with Crippen molar-refractivity contribution in [1.82, 2.24) is 4.90 Å². The van der Waals surface area contributed by atoms with Crippen LogP contribution in [0.2, 0.25) is 0 Å². The van der Waals surface area contributed by atoms with E-state index in [1.165, 1.54) is 18.2 Å². The van der Waals surface area contributed by atoms with Crippen LogP contribution in [0.3, 0.4) is 0 Å². The lowest BCUT2D eigenvalue weighted by atomic mass is 9.75. The summed E-state index contributed by atoms with van der Waals surface area (Å²) < 4.78 is 35.1. The highest BCUT2D eigenvalue weighted by atomic mass is 79.9. The van der Waals surface area contributed by atoms with Crippen LogP contribution in [-0.4, -0.2) is 28.8 Å². The highest BCUT2D eigenvalue weighted by Gasteiger charge is 2.45. The lowest BCUT2D eigenvalue weighted by Crippen LogP contribution is -2.48. The number of ether oxygens (including phenoxy) is 1. The standard InChI is InChI=1S/C27H28BrF2NO4/c1-14(2)19-8-4-15(3)10-23(19)35-27(34)24-21-12-18(29)7-9-20(21)25(32)31(26(24)33)13-16-5-6-17(28)11-22(16)30/h5-7,9,11-12,14-15,19,23-24H,4,8,10,13H2,1-3H3/t15-,19+,23-,24?/m1/s1. The van der Waals surface area contributed by atoms with Crippen molar-refractivity contribution in [1.29, 1.82) is 0 Å². The van der Waals surface area contributed by atoms with Crippen molar-refractivity contribution in [3.05, 3.63) is 69.2 Å². The number of benzene rings is 2. The van der Waals surface area contributed by atoms with Gasteiger partial charge in [-0.15, -0.1) is 0 Å². The first kappa shape index (κ1) is 25.5. The van der Waals surface area contributed by atoms with Gasteiger partial charge in [0, 0.05) is 15.6 Å².